The first-order chi connectivity index (χ1) is 8.51. The van der Waals surface area contributed by atoms with E-state index in [0.29, 0.717) is 6.54 Å². The van der Waals surface area contributed by atoms with Gasteiger partial charge in [0.15, 0.2) is 0 Å². The second kappa shape index (κ2) is 4.88. The summed E-state index contributed by atoms with van der Waals surface area (Å²) in [6.45, 7) is 0.297. The van der Waals surface area contributed by atoms with Crippen LogP contribution in [0, 0.1) is 0 Å². The lowest BCUT2D eigenvalue weighted by Crippen LogP contribution is -2.36. The number of hydrogen-bond donors (Lipinski definition) is 4. The van der Waals surface area contributed by atoms with Crippen LogP contribution in [0.25, 0.3) is 0 Å². The van der Waals surface area contributed by atoms with Crippen LogP contribution >= 0.6 is 0 Å². The molecule has 0 saturated carbocycles. The fourth-order valence-corrected chi connectivity index (χ4v) is 2.88. The van der Waals surface area contributed by atoms with Crippen LogP contribution in [0.15, 0.2) is 23.2 Å². The van der Waals surface area contributed by atoms with Gasteiger partial charge in [-0.15, -0.1) is 0 Å². The van der Waals surface area contributed by atoms with E-state index in [1.165, 1.54) is 18.3 Å². The molecule has 1 aromatic heterocycles. The van der Waals surface area contributed by atoms with Crippen molar-refractivity contribution in [2.24, 2.45) is 5.84 Å². The maximum Gasteiger partial charge on any atom is 0.241 e. The Hall–Kier alpha value is -1.71. The third-order valence-corrected chi connectivity index (χ3v) is 4.01. The molecule has 1 aliphatic rings. The molecule has 0 radical (unpaired) electrons. The van der Waals surface area contributed by atoms with Gasteiger partial charge in [-0.25, -0.2) is 24.0 Å². The Morgan fingerprint density at radius 2 is 2.28 bits per heavy atom. The van der Waals surface area contributed by atoms with Gasteiger partial charge in [0.1, 0.15) is 5.82 Å². The zero-order valence-electron chi connectivity index (χ0n) is 9.38. The number of nitrogens with two attached hydrogens (primary N) is 1. The van der Waals surface area contributed by atoms with E-state index < -0.39 is 16.1 Å². The van der Waals surface area contributed by atoms with Crippen molar-refractivity contribution in [3.8, 4) is 0 Å². The molecule has 0 spiro atoms. The van der Waals surface area contributed by atoms with Gasteiger partial charge in [0, 0.05) is 31.3 Å². The van der Waals surface area contributed by atoms with Crippen LogP contribution in [0.4, 0.5) is 5.82 Å². The summed E-state index contributed by atoms with van der Waals surface area (Å²) in [5, 5.41) is 2.56. The minimum absolute atomic E-state index is 0.0461. The molecule has 5 N–H and O–H groups in total. The van der Waals surface area contributed by atoms with E-state index in [9.17, 15) is 13.2 Å². The Bertz CT molecular complexity index is 559. The molecular weight excluding hydrogens is 258 g/mol. The summed E-state index contributed by atoms with van der Waals surface area (Å²) in [4.78, 5) is 14.9. The van der Waals surface area contributed by atoms with Gasteiger partial charge in [-0.05, 0) is 6.07 Å². The molecule has 8 nitrogen and oxygen atoms in total. The summed E-state index contributed by atoms with van der Waals surface area (Å²) in [5.41, 5.74) is 2.27. The Morgan fingerprint density at radius 3 is 2.89 bits per heavy atom. The third-order valence-electron chi connectivity index (χ3n) is 2.49. The molecule has 9 heteroatoms. The van der Waals surface area contributed by atoms with Gasteiger partial charge >= 0.3 is 0 Å². The summed E-state index contributed by atoms with van der Waals surface area (Å²) in [6.07, 6.45) is 1.48. The van der Waals surface area contributed by atoms with Crippen molar-refractivity contribution in [3.63, 3.8) is 0 Å². The first-order valence-electron chi connectivity index (χ1n) is 5.23. The number of carbonyl (C=O) groups excluding carboxylic acids is 1. The van der Waals surface area contributed by atoms with Gasteiger partial charge in [-0.1, -0.05) is 0 Å². The van der Waals surface area contributed by atoms with Crippen molar-refractivity contribution >= 4 is 21.7 Å². The number of aromatic nitrogens is 1. The summed E-state index contributed by atoms with van der Waals surface area (Å²) >= 11 is 0. The molecule has 1 aromatic rings. The second-order valence-corrected chi connectivity index (χ2v) is 5.56. The minimum atomic E-state index is -3.68. The highest BCUT2D eigenvalue weighted by Gasteiger charge is 2.26. The summed E-state index contributed by atoms with van der Waals surface area (Å²) in [6, 6.07) is 2.24. The zero-order chi connectivity index (χ0) is 13.2. The van der Waals surface area contributed by atoms with Crippen LogP contribution in [-0.4, -0.2) is 31.9 Å². The molecule has 1 fully saturated rings. The molecule has 0 aliphatic carbocycles. The van der Waals surface area contributed by atoms with Gasteiger partial charge in [-0.3, -0.25) is 4.79 Å². The Kier molecular flexibility index (Phi) is 3.45. The number of amides is 1. The number of pyridine rings is 1. The molecule has 1 amide bonds. The monoisotopic (exact) mass is 271 g/mol. The van der Waals surface area contributed by atoms with Crippen molar-refractivity contribution < 1.29 is 13.2 Å². The molecule has 18 heavy (non-hydrogen) atoms. The first-order valence-corrected chi connectivity index (χ1v) is 6.71. The fourth-order valence-electron chi connectivity index (χ4n) is 1.63. The van der Waals surface area contributed by atoms with Crippen molar-refractivity contribution in [2.45, 2.75) is 17.4 Å². The summed E-state index contributed by atoms with van der Waals surface area (Å²) in [5.74, 6) is 5.24. The molecule has 1 unspecified atom stereocenters. The maximum absolute atomic E-state index is 12.0. The number of hydrogen-bond acceptors (Lipinski definition) is 6. The second-order valence-electron chi connectivity index (χ2n) is 3.85. The number of nitrogen functional groups attached to an aromatic ring is 1. The number of nitrogens with zero attached hydrogens (tertiary/aromatic N) is 1. The molecule has 0 bridgehead atoms. The highest BCUT2D eigenvalue weighted by atomic mass is 32.2. The van der Waals surface area contributed by atoms with E-state index in [0.717, 1.165) is 0 Å². The molecule has 1 atom stereocenters. The van der Waals surface area contributed by atoms with Crippen molar-refractivity contribution in [3.05, 3.63) is 18.3 Å². The number of rotatable bonds is 4. The first kappa shape index (κ1) is 12.7. The fraction of sp³-hybridized carbons (Fsp3) is 0.333. The predicted molar refractivity (Wildman–Crippen MR) is 63.8 cm³/mol. The summed E-state index contributed by atoms with van der Waals surface area (Å²) in [7, 11) is -3.68. The summed E-state index contributed by atoms with van der Waals surface area (Å²) < 4.78 is 26.5. The smallest absolute Gasteiger partial charge is 0.241 e. The highest BCUT2D eigenvalue weighted by Crippen LogP contribution is 2.13. The van der Waals surface area contributed by atoms with Crippen LogP contribution in [0.2, 0.25) is 0 Å². The van der Waals surface area contributed by atoms with E-state index in [1.807, 2.05) is 0 Å². The Morgan fingerprint density at radius 1 is 1.50 bits per heavy atom. The molecular formula is C9H13N5O3S. The van der Waals surface area contributed by atoms with Crippen LogP contribution < -0.4 is 21.3 Å². The van der Waals surface area contributed by atoms with Gasteiger partial charge in [0.25, 0.3) is 0 Å². The zero-order valence-corrected chi connectivity index (χ0v) is 10.2. The standard InChI is InChI=1S/C9H13N5O3S/c10-13-8-4-7(1-2-11-8)18(16,17)14-6-3-9(15)12-5-6/h1-2,4,6,14H,3,5,10H2,(H,11,13)(H,12,15). The Balaban J connectivity index is 2.17. The van der Waals surface area contributed by atoms with Gasteiger partial charge in [-0.2, -0.15) is 0 Å². The molecule has 2 heterocycles. The van der Waals surface area contributed by atoms with Gasteiger partial charge < -0.3 is 10.7 Å². The quantitative estimate of drug-likeness (QED) is 0.391. The van der Waals surface area contributed by atoms with E-state index >= 15 is 0 Å². The van der Waals surface area contributed by atoms with Crippen molar-refractivity contribution in [1.82, 2.24) is 15.0 Å². The maximum atomic E-state index is 12.0. The molecule has 98 valence electrons. The van der Waals surface area contributed by atoms with Crippen LogP contribution in [0.1, 0.15) is 6.42 Å². The van der Waals surface area contributed by atoms with Gasteiger partial charge in [0.05, 0.1) is 4.90 Å². The number of hydrazine groups is 1. The van der Waals surface area contributed by atoms with Crippen LogP contribution in [0.3, 0.4) is 0 Å². The number of sulfonamides is 1. The lowest BCUT2D eigenvalue weighted by molar-refractivity contribution is -0.119. The van der Waals surface area contributed by atoms with E-state index in [4.69, 9.17) is 5.84 Å². The number of anilines is 1. The average Bonchev–Trinajstić information content (AvgIpc) is 2.74. The predicted octanol–water partition coefficient (Wildman–Crippen LogP) is -1.47. The highest BCUT2D eigenvalue weighted by molar-refractivity contribution is 7.89. The average molecular weight is 271 g/mol. The van der Waals surface area contributed by atoms with E-state index in [1.54, 1.807) is 0 Å². The molecule has 0 aromatic carbocycles. The lowest BCUT2D eigenvalue weighted by atomic mass is 10.3. The lowest BCUT2D eigenvalue weighted by Gasteiger charge is -2.11. The van der Waals surface area contributed by atoms with Crippen LogP contribution in [-0.2, 0) is 14.8 Å². The van der Waals surface area contributed by atoms with Crippen LogP contribution in [0.5, 0.6) is 0 Å². The van der Waals surface area contributed by atoms with Crippen molar-refractivity contribution in [1.29, 1.82) is 0 Å². The van der Waals surface area contributed by atoms with Gasteiger partial charge in [0.2, 0.25) is 15.9 Å². The van der Waals surface area contributed by atoms with E-state index in [2.05, 4.69) is 20.4 Å². The molecule has 1 saturated heterocycles. The largest absolute Gasteiger partial charge is 0.354 e. The topological polar surface area (TPSA) is 126 Å². The molecule has 1 aliphatic heterocycles. The minimum Gasteiger partial charge on any atom is -0.354 e. The van der Waals surface area contributed by atoms with E-state index in [-0.39, 0.29) is 23.0 Å². The van der Waals surface area contributed by atoms with Crippen molar-refractivity contribution in [2.75, 3.05) is 12.0 Å². The third kappa shape index (κ3) is 2.75. The molecule has 2 rings (SSSR count). The number of nitrogens with one attached hydrogen (secondary N) is 3. The normalized spacial score (nSPS) is 19.6. The Labute approximate surface area is 104 Å². The number of carbonyl (C=O) groups is 1. The SMILES string of the molecule is NNc1cc(S(=O)(=O)NC2CNC(=O)C2)ccn1.